The number of aliphatic hydroxyl groups excluding tert-OH is 1. The summed E-state index contributed by atoms with van der Waals surface area (Å²) in [6, 6.07) is 0.108. The lowest BCUT2D eigenvalue weighted by Gasteiger charge is -2.37. The molecule has 1 rings (SSSR count). The van der Waals surface area contributed by atoms with Gasteiger partial charge < -0.3 is 20.1 Å². The lowest BCUT2D eigenvalue weighted by molar-refractivity contribution is -0.146. The number of ether oxygens (including phenoxy) is 1. The molecule has 1 fully saturated rings. The SMILES string of the molecule is CNCCC(=O)N1CC(CO)OCC1C. The Morgan fingerprint density at radius 2 is 2.40 bits per heavy atom. The van der Waals surface area contributed by atoms with Crippen molar-refractivity contribution in [3.05, 3.63) is 0 Å². The molecule has 1 aliphatic rings. The summed E-state index contributed by atoms with van der Waals surface area (Å²) in [5.41, 5.74) is 0. The topological polar surface area (TPSA) is 61.8 Å². The molecule has 2 atom stereocenters. The third-order valence-corrected chi connectivity index (χ3v) is 2.62. The van der Waals surface area contributed by atoms with Crippen LogP contribution in [-0.2, 0) is 9.53 Å². The maximum atomic E-state index is 11.8. The molecule has 2 unspecified atom stereocenters. The Labute approximate surface area is 90.4 Å². The lowest BCUT2D eigenvalue weighted by atomic mass is 10.2. The fourth-order valence-corrected chi connectivity index (χ4v) is 1.65. The van der Waals surface area contributed by atoms with Gasteiger partial charge in [0.05, 0.1) is 25.4 Å². The van der Waals surface area contributed by atoms with Crippen molar-refractivity contribution in [2.45, 2.75) is 25.5 Å². The third-order valence-electron chi connectivity index (χ3n) is 2.62. The maximum absolute atomic E-state index is 11.8. The van der Waals surface area contributed by atoms with E-state index in [0.717, 1.165) is 0 Å². The van der Waals surface area contributed by atoms with Crippen LogP contribution in [0.4, 0.5) is 0 Å². The van der Waals surface area contributed by atoms with Gasteiger partial charge in [0.25, 0.3) is 0 Å². The summed E-state index contributed by atoms with van der Waals surface area (Å²) in [7, 11) is 1.83. The smallest absolute Gasteiger partial charge is 0.224 e. The van der Waals surface area contributed by atoms with Gasteiger partial charge in [-0.25, -0.2) is 0 Å². The van der Waals surface area contributed by atoms with Crippen molar-refractivity contribution in [2.24, 2.45) is 0 Å². The molecule has 15 heavy (non-hydrogen) atoms. The normalized spacial score (nSPS) is 26.7. The molecule has 5 nitrogen and oxygen atoms in total. The van der Waals surface area contributed by atoms with Crippen LogP contribution >= 0.6 is 0 Å². The van der Waals surface area contributed by atoms with Gasteiger partial charge in [0.2, 0.25) is 5.91 Å². The minimum atomic E-state index is -0.222. The number of nitrogens with one attached hydrogen (secondary N) is 1. The van der Waals surface area contributed by atoms with Crippen molar-refractivity contribution in [1.82, 2.24) is 10.2 Å². The van der Waals surface area contributed by atoms with Gasteiger partial charge in [-0.05, 0) is 14.0 Å². The van der Waals surface area contributed by atoms with Crippen molar-refractivity contribution in [3.63, 3.8) is 0 Å². The fourth-order valence-electron chi connectivity index (χ4n) is 1.65. The summed E-state index contributed by atoms with van der Waals surface area (Å²) in [5.74, 6) is 0.124. The van der Waals surface area contributed by atoms with E-state index >= 15 is 0 Å². The second-order valence-corrected chi connectivity index (χ2v) is 3.89. The molecule has 1 heterocycles. The minimum Gasteiger partial charge on any atom is -0.394 e. The van der Waals surface area contributed by atoms with Crippen LogP contribution < -0.4 is 5.32 Å². The monoisotopic (exact) mass is 216 g/mol. The first-order valence-electron chi connectivity index (χ1n) is 5.35. The molecule has 0 aliphatic carbocycles. The predicted molar refractivity (Wildman–Crippen MR) is 56.5 cm³/mol. The molecule has 0 spiro atoms. The molecule has 0 aromatic rings. The predicted octanol–water partition coefficient (Wildman–Crippen LogP) is -0.796. The average Bonchev–Trinajstić information content (AvgIpc) is 2.26. The molecule has 0 aromatic heterocycles. The summed E-state index contributed by atoms with van der Waals surface area (Å²) in [5, 5.41) is 11.9. The Hall–Kier alpha value is -0.650. The zero-order valence-electron chi connectivity index (χ0n) is 9.40. The molecule has 0 bridgehead atoms. The van der Waals surface area contributed by atoms with Crippen LogP contribution in [0.5, 0.6) is 0 Å². The molecule has 0 aromatic carbocycles. The first-order chi connectivity index (χ1) is 7.19. The fraction of sp³-hybridized carbons (Fsp3) is 0.900. The molecule has 1 saturated heterocycles. The molecule has 1 aliphatic heterocycles. The van der Waals surface area contributed by atoms with E-state index in [2.05, 4.69) is 5.32 Å². The maximum Gasteiger partial charge on any atom is 0.224 e. The highest BCUT2D eigenvalue weighted by atomic mass is 16.5. The number of carbonyl (C=O) groups is 1. The van der Waals surface area contributed by atoms with E-state index in [-0.39, 0.29) is 24.7 Å². The first kappa shape index (κ1) is 12.4. The molecule has 0 radical (unpaired) electrons. The second-order valence-electron chi connectivity index (χ2n) is 3.89. The molecule has 88 valence electrons. The van der Waals surface area contributed by atoms with Crippen molar-refractivity contribution in [3.8, 4) is 0 Å². The number of carbonyl (C=O) groups excluding carboxylic acids is 1. The lowest BCUT2D eigenvalue weighted by Crippen LogP contribution is -2.52. The van der Waals surface area contributed by atoms with Crippen LogP contribution in [0, 0.1) is 0 Å². The van der Waals surface area contributed by atoms with Crippen molar-refractivity contribution in [1.29, 1.82) is 0 Å². The van der Waals surface area contributed by atoms with E-state index in [9.17, 15) is 4.79 Å². The highest BCUT2D eigenvalue weighted by Crippen LogP contribution is 2.12. The van der Waals surface area contributed by atoms with Crippen LogP contribution in [0.25, 0.3) is 0 Å². The number of rotatable bonds is 4. The number of nitrogens with zero attached hydrogens (tertiary/aromatic N) is 1. The molecule has 1 amide bonds. The Bertz CT molecular complexity index is 211. The van der Waals surface area contributed by atoms with Crippen LogP contribution in [0.3, 0.4) is 0 Å². The van der Waals surface area contributed by atoms with Gasteiger partial charge in [0.15, 0.2) is 0 Å². The van der Waals surface area contributed by atoms with Crippen molar-refractivity contribution in [2.75, 3.05) is 33.4 Å². The second kappa shape index (κ2) is 6.05. The third kappa shape index (κ3) is 3.44. The Morgan fingerprint density at radius 3 is 3.00 bits per heavy atom. The van der Waals surface area contributed by atoms with Gasteiger partial charge in [0.1, 0.15) is 0 Å². The van der Waals surface area contributed by atoms with Gasteiger partial charge in [0, 0.05) is 19.5 Å². The van der Waals surface area contributed by atoms with Crippen LogP contribution in [0.15, 0.2) is 0 Å². The van der Waals surface area contributed by atoms with Crippen LogP contribution in [-0.4, -0.2) is 61.4 Å². The van der Waals surface area contributed by atoms with Crippen molar-refractivity contribution >= 4 is 5.91 Å². The van der Waals surface area contributed by atoms with E-state index in [0.29, 0.717) is 26.1 Å². The van der Waals surface area contributed by atoms with E-state index in [4.69, 9.17) is 9.84 Å². The van der Waals surface area contributed by atoms with Gasteiger partial charge in [-0.3, -0.25) is 4.79 Å². The van der Waals surface area contributed by atoms with Crippen molar-refractivity contribution < 1.29 is 14.6 Å². The summed E-state index contributed by atoms with van der Waals surface area (Å²) < 4.78 is 5.36. The first-order valence-corrected chi connectivity index (χ1v) is 5.35. The number of aliphatic hydroxyl groups is 1. The Morgan fingerprint density at radius 1 is 1.67 bits per heavy atom. The molecular weight excluding hydrogens is 196 g/mol. The van der Waals surface area contributed by atoms with Gasteiger partial charge in [-0.2, -0.15) is 0 Å². The standard InChI is InChI=1S/C10H20N2O3/c1-8-7-15-9(6-13)5-12(8)10(14)3-4-11-2/h8-9,11,13H,3-7H2,1-2H3. The van der Waals surface area contributed by atoms with E-state index < -0.39 is 0 Å². The molecule has 5 heteroatoms. The van der Waals surface area contributed by atoms with Crippen LogP contribution in [0.1, 0.15) is 13.3 Å². The number of amides is 1. The van der Waals surface area contributed by atoms with Crippen LogP contribution in [0.2, 0.25) is 0 Å². The number of hydrogen-bond donors (Lipinski definition) is 2. The van der Waals surface area contributed by atoms with Gasteiger partial charge in [-0.15, -0.1) is 0 Å². The van der Waals surface area contributed by atoms with Gasteiger partial charge >= 0.3 is 0 Å². The molecule has 0 saturated carbocycles. The quantitative estimate of drug-likeness (QED) is 0.646. The highest BCUT2D eigenvalue weighted by Gasteiger charge is 2.28. The molecular formula is C10H20N2O3. The number of hydrogen-bond acceptors (Lipinski definition) is 4. The summed E-state index contributed by atoms with van der Waals surface area (Å²) >= 11 is 0. The van der Waals surface area contributed by atoms with E-state index in [1.165, 1.54) is 0 Å². The molecule has 2 N–H and O–H groups in total. The largest absolute Gasteiger partial charge is 0.394 e. The van der Waals surface area contributed by atoms with Gasteiger partial charge in [-0.1, -0.05) is 0 Å². The minimum absolute atomic E-state index is 0.0253. The summed E-state index contributed by atoms with van der Waals surface area (Å²) in [6.45, 7) is 3.64. The Kier molecular flexibility index (Phi) is 5.01. The summed E-state index contributed by atoms with van der Waals surface area (Å²) in [6.07, 6.45) is 0.277. The van der Waals surface area contributed by atoms with E-state index in [1.807, 2.05) is 14.0 Å². The zero-order chi connectivity index (χ0) is 11.3. The summed E-state index contributed by atoms with van der Waals surface area (Å²) in [4.78, 5) is 13.6. The Balaban J connectivity index is 2.46. The zero-order valence-corrected chi connectivity index (χ0v) is 9.40. The highest BCUT2D eigenvalue weighted by molar-refractivity contribution is 5.76. The average molecular weight is 216 g/mol. The van der Waals surface area contributed by atoms with E-state index in [1.54, 1.807) is 4.90 Å². The number of morpholine rings is 1.